The number of benzene rings is 1. The van der Waals surface area contributed by atoms with Gasteiger partial charge in [-0.3, -0.25) is 19.3 Å². The van der Waals surface area contributed by atoms with Crippen molar-refractivity contribution in [3.63, 3.8) is 0 Å². The third-order valence-electron chi connectivity index (χ3n) is 6.63. The summed E-state index contributed by atoms with van der Waals surface area (Å²) in [5, 5.41) is 12.0. The molecule has 2 aromatic rings. The number of halogens is 1. The first-order valence-corrected chi connectivity index (χ1v) is 11.7. The molecular formula is C23H23FN4O3S. The van der Waals surface area contributed by atoms with Crippen LogP contribution in [0.5, 0.6) is 0 Å². The minimum atomic E-state index is -0.802. The lowest BCUT2D eigenvalue weighted by molar-refractivity contribution is -0.144. The number of hydrogen-bond acceptors (Lipinski definition) is 6. The maximum Gasteiger partial charge on any atom is 0.234 e. The Morgan fingerprint density at radius 2 is 1.81 bits per heavy atom. The zero-order valence-corrected chi connectivity index (χ0v) is 18.3. The molecule has 2 aliphatic carbocycles. The van der Waals surface area contributed by atoms with Crippen LogP contribution in [0.15, 0.2) is 36.4 Å². The number of likely N-dealkylation sites (tertiary alicyclic amines) is 1. The van der Waals surface area contributed by atoms with E-state index in [-0.39, 0.29) is 47.8 Å². The van der Waals surface area contributed by atoms with E-state index in [2.05, 4.69) is 15.5 Å². The van der Waals surface area contributed by atoms with Crippen LogP contribution in [0.3, 0.4) is 0 Å². The van der Waals surface area contributed by atoms with Crippen molar-refractivity contribution in [2.24, 2.45) is 23.7 Å². The molecule has 9 heteroatoms. The summed E-state index contributed by atoms with van der Waals surface area (Å²) in [4.78, 5) is 40.8. The van der Waals surface area contributed by atoms with E-state index in [1.165, 1.54) is 40.5 Å². The number of nitrogens with one attached hydrogen (secondary N) is 1. The summed E-state index contributed by atoms with van der Waals surface area (Å²) >= 11 is 1.31. The molecule has 1 aromatic heterocycles. The Kier molecular flexibility index (Phi) is 5.36. The summed E-state index contributed by atoms with van der Waals surface area (Å²) in [5.41, 5.74) is 0.549. The lowest BCUT2D eigenvalue weighted by atomic mass is 9.85. The molecule has 0 radical (unpaired) electrons. The first-order chi connectivity index (χ1) is 15.5. The predicted octanol–water partition coefficient (Wildman–Crippen LogP) is 3.51. The van der Waals surface area contributed by atoms with Crippen LogP contribution in [-0.2, 0) is 20.8 Å². The molecule has 2 bridgehead atoms. The second-order valence-corrected chi connectivity index (χ2v) is 9.68. The van der Waals surface area contributed by atoms with Crippen molar-refractivity contribution in [1.82, 2.24) is 15.1 Å². The van der Waals surface area contributed by atoms with Gasteiger partial charge in [-0.05, 0) is 42.4 Å². The molecule has 3 amide bonds. The SMILES string of the molecule is CCCc1nnc(NC(=O)CC(c2ccc(F)cc2)N2C(=O)C3C4C=CC(C4)C3C2=O)s1. The van der Waals surface area contributed by atoms with Crippen molar-refractivity contribution >= 4 is 34.2 Å². The number of carbonyl (C=O) groups is 3. The molecule has 2 fully saturated rings. The van der Waals surface area contributed by atoms with Gasteiger partial charge in [0.15, 0.2) is 0 Å². The van der Waals surface area contributed by atoms with Gasteiger partial charge in [-0.15, -0.1) is 10.2 Å². The zero-order valence-electron chi connectivity index (χ0n) is 17.5. The number of carbonyl (C=O) groups excluding carboxylic acids is 3. The maximum absolute atomic E-state index is 13.5. The molecule has 166 valence electrons. The molecule has 2 heterocycles. The molecule has 1 N–H and O–H groups in total. The summed E-state index contributed by atoms with van der Waals surface area (Å²) in [6.07, 6.45) is 6.47. The Hall–Kier alpha value is -2.94. The van der Waals surface area contributed by atoms with Crippen LogP contribution in [0.25, 0.3) is 0 Å². The normalized spacial score (nSPS) is 26.6. The average Bonchev–Trinajstić information content (AvgIpc) is 3.53. The van der Waals surface area contributed by atoms with E-state index in [0.717, 1.165) is 24.3 Å². The molecule has 32 heavy (non-hydrogen) atoms. The van der Waals surface area contributed by atoms with Gasteiger partial charge < -0.3 is 5.32 Å². The molecule has 5 unspecified atom stereocenters. The molecule has 3 aliphatic rings. The van der Waals surface area contributed by atoms with E-state index in [1.54, 1.807) is 0 Å². The summed E-state index contributed by atoms with van der Waals surface area (Å²) in [6.45, 7) is 2.04. The number of aryl methyl sites for hydroxylation is 1. The van der Waals surface area contributed by atoms with Crippen LogP contribution in [-0.4, -0.2) is 32.8 Å². The molecule has 1 saturated heterocycles. The fraction of sp³-hybridized carbons (Fsp3) is 0.435. The molecule has 1 aromatic carbocycles. The van der Waals surface area contributed by atoms with Crippen LogP contribution < -0.4 is 5.32 Å². The van der Waals surface area contributed by atoms with E-state index >= 15 is 0 Å². The Morgan fingerprint density at radius 3 is 2.44 bits per heavy atom. The fourth-order valence-electron chi connectivity index (χ4n) is 5.24. The highest BCUT2D eigenvalue weighted by Gasteiger charge is 2.60. The minimum absolute atomic E-state index is 0.0764. The quantitative estimate of drug-likeness (QED) is 0.511. The third kappa shape index (κ3) is 3.54. The van der Waals surface area contributed by atoms with Gasteiger partial charge in [0, 0.05) is 6.42 Å². The highest BCUT2D eigenvalue weighted by molar-refractivity contribution is 7.15. The van der Waals surface area contributed by atoms with Crippen molar-refractivity contribution in [1.29, 1.82) is 0 Å². The Balaban J connectivity index is 1.40. The summed E-state index contributed by atoms with van der Waals surface area (Å²) in [6, 6.07) is 4.81. The van der Waals surface area contributed by atoms with Crippen LogP contribution in [0.4, 0.5) is 9.52 Å². The van der Waals surface area contributed by atoms with Crippen LogP contribution >= 0.6 is 11.3 Å². The molecule has 5 rings (SSSR count). The van der Waals surface area contributed by atoms with Crippen molar-refractivity contribution in [2.75, 3.05) is 5.32 Å². The van der Waals surface area contributed by atoms with Gasteiger partial charge >= 0.3 is 0 Å². The molecule has 1 aliphatic heterocycles. The van der Waals surface area contributed by atoms with Gasteiger partial charge in [-0.2, -0.15) is 0 Å². The Morgan fingerprint density at radius 1 is 1.16 bits per heavy atom. The fourth-order valence-corrected chi connectivity index (χ4v) is 6.10. The highest BCUT2D eigenvalue weighted by atomic mass is 32.1. The Bertz CT molecular complexity index is 1070. The third-order valence-corrected chi connectivity index (χ3v) is 7.53. The smallest absolute Gasteiger partial charge is 0.234 e. The molecule has 7 nitrogen and oxygen atoms in total. The maximum atomic E-state index is 13.5. The summed E-state index contributed by atoms with van der Waals surface area (Å²) in [7, 11) is 0. The molecular weight excluding hydrogens is 431 g/mol. The standard InChI is InChI=1S/C23H23FN4O3S/c1-2-3-18-26-27-23(32-18)25-17(29)11-16(12-6-8-15(24)9-7-12)28-21(30)19-13-4-5-14(10-13)20(19)22(28)31/h4-9,13-14,16,19-20H,2-3,10-11H2,1H3,(H,25,27,29). The lowest BCUT2D eigenvalue weighted by Gasteiger charge is -2.28. The van der Waals surface area contributed by atoms with Crippen molar-refractivity contribution in [2.45, 2.75) is 38.6 Å². The van der Waals surface area contributed by atoms with Gasteiger partial charge in [0.25, 0.3) is 0 Å². The van der Waals surface area contributed by atoms with Crippen molar-refractivity contribution in [3.05, 3.63) is 52.8 Å². The minimum Gasteiger partial charge on any atom is -0.300 e. The van der Waals surface area contributed by atoms with Crippen molar-refractivity contribution < 1.29 is 18.8 Å². The van der Waals surface area contributed by atoms with Crippen LogP contribution in [0.2, 0.25) is 0 Å². The van der Waals surface area contributed by atoms with Gasteiger partial charge in [-0.25, -0.2) is 4.39 Å². The van der Waals surface area contributed by atoms with E-state index in [9.17, 15) is 18.8 Å². The number of allylic oxidation sites excluding steroid dienone is 2. The highest BCUT2D eigenvalue weighted by Crippen LogP contribution is 2.54. The number of nitrogens with zero attached hydrogens (tertiary/aromatic N) is 3. The number of imide groups is 1. The first kappa shape index (κ1) is 20.9. The van der Waals surface area contributed by atoms with E-state index in [1.807, 2.05) is 19.1 Å². The van der Waals surface area contributed by atoms with E-state index in [4.69, 9.17) is 0 Å². The molecule has 5 atom stereocenters. The zero-order chi connectivity index (χ0) is 22.4. The predicted molar refractivity (Wildman–Crippen MR) is 116 cm³/mol. The molecule has 1 saturated carbocycles. The van der Waals surface area contributed by atoms with E-state index < -0.39 is 11.9 Å². The monoisotopic (exact) mass is 454 g/mol. The molecule has 0 spiro atoms. The van der Waals surface area contributed by atoms with E-state index in [0.29, 0.717) is 10.7 Å². The lowest BCUT2D eigenvalue weighted by Crippen LogP contribution is -2.38. The number of rotatable bonds is 7. The number of amides is 3. The largest absolute Gasteiger partial charge is 0.300 e. The summed E-state index contributed by atoms with van der Waals surface area (Å²) in [5.74, 6) is -1.84. The topological polar surface area (TPSA) is 92.3 Å². The van der Waals surface area contributed by atoms with Gasteiger partial charge in [0.2, 0.25) is 22.9 Å². The van der Waals surface area contributed by atoms with Gasteiger partial charge in [-0.1, -0.05) is 42.5 Å². The number of fused-ring (bicyclic) bond motifs is 5. The number of aromatic nitrogens is 2. The van der Waals surface area contributed by atoms with Crippen LogP contribution in [0, 0.1) is 29.5 Å². The Labute approximate surface area is 188 Å². The number of anilines is 1. The average molecular weight is 455 g/mol. The number of hydrogen-bond donors (Lipinski definition) is 1. The van der Waals surface area contributed by atoms with Crippen LogP contribution in [0.1, 0.15) is 42.8 Å². The first-order valence-electron chi connectivity index (χ1n) is 10.9. The van der Waals surface area contributed by atoms with Gasteiger partial charge in [0.05, 0.1) is 24.3 Å². The van der Waals surface area contributed by atoms with Gasteiger partial charge in [0.1, 0.15) is 10.8 Å². The summed E-state index contributed by atoms with van der Waals surface area (Å²) < 4.78 is 13.5. The second-order valence-electron chi connectivity index (χ2n) is 8.62. The van der Waals surface area contributed by atoms with Crippen molar-refractivity contribution in [3.8, 4) is 0 Å². The second kappa shape index (κ2) is 8.20.